The van der Waals surface area contributed by atoms with Gasteiger partial charge in [-0.15, -0.1) is 5.10 Å². The highest BCUT2D eigenvalue weighted by Crippen LogP contribution is 2.23. The first-order valence-electron chi connectivity index (χ1n) is 9.33. The fourth-order valence-corrected chi connectivity index (χ4v) is 3.36. The van der Waals surface area contributed by atoms with Crippen molar-refractivity contribution in [1.82, 2.24) is 39.4 Å². The van der Waals surface area contributed by atoms with E-state index in [0.29, 0.717) is 12.5 Å². The van der Waals surface area contributed by atoms with Gasteiger partial charge in [-0.25, -0.2) is 9.67 Å². The van der Waals surface area contributed by atoms with E-state index in [4.69, 9.17) is 0 Å². The highest BCUT2D eigenvalue weighted by Gasteiger charge is 2.17. The molecule has 1 aliphatic heterocycles. The van der Waals surface area contributed by atoms with Crippen molar-refractivity contribution >= 4 is 34.6 Å². The molecule has 4 aromatic rings. The Morgan fingerprint density at radius 1 is 1.21 bits per heavy atom. The van der Waals surface area contributed by atoms with Gasteiger partial charge in [-0.2, -0.15) is 10.1 Å². The molecule has 2 N–H and O–H groups in total. The van der Waals surface area contributed by atoms with Crippen LogP contribution in [-0.2, 0) is 20.1 Å². The molecule has 0 unspecified atom stereocenters. The van der Waals surface area contributed by atoms with Gasteiger partial charge in [0.15, 0.2) is 5.82 Å². The van der Waals surface area contributed by atoms with Crippen molar-refractivity contribution in [3.05, 3.63) is 48.4 Å². The van der Waals surface area contributed by atoms with Crippen LogP contribution in [0.4, 0.5) is 17.3 Å². The van der Waals surface area contributed by atoms with E-state index in [0.717, 1.165) is 40.6 Å². The largest absolute Gasteiger partial charge is 0.341 e. The standard InChI is InChI=1S/C19H22N10/c1-26(2)11-17-22-15-5-4-13(8-16(15)23-17)21-19-24-18-12-28(6-7-29(18)25-19)14-9-20-27(3)10-14/h4-10H,11-12H2,1-3H3,(H,21,25)(H,22,23). The average molecular weight is 390 g/mol. The van der Waals surface area contributed by atoms with E-state index in [9.17, 15) is 0 Å². The second-order valence-electron chi connectivity index (χ2n) is 7.37. The van der Waals surface area contributed by atoms with Crippen molar-refractivity contribution in [2.75, 3.05) is 24.3 Å². The lowest BCUT2D eigenvalue weighted by Crippen LogP contribution is -2.21. The summed E-state index contributed by atoms with van der Waals surface area (Å²) in [7, 11) is 5.95. The number of hydrogen-bond donors (Lipinski definition) is 2. The lowest BCUT2D eigenvalue weighted by Gasteiger charge is -2.20. The number of aromatic amines is 1. The van der Waals surface area contributed by atoms with E-state index in [1.54, 1.807) is 9.36 Å². The maximum atomic E-state index is 4.66. The molecule has 0 saturated carbocycles. The lowest BCUT2D eigenvalue weighted by molar-refractivity contribution is 0.392. The SMILES string of the molecule is CN(C)Cc1nc2cc(Nc3nc4n(n3)C=CN(c3cnn(C)c3)C4)ccc2[nH]1. The molecule has 0 radical (unpaired) electrons. The third-order valence-electron chi connectivity index (χ3n) is 4.68. The molecule has 10 nitrogen and oxygen atoms in total. The Morgan fingerprint density at radius 3 is 2.90 bits per heavy atom. The van der Waals surface area contributed by atoms with Crippen molar-refractivity contribution in [2.24, 2.45) is 7.05 Å². The van der Waals surface area contributed by atoms with Crippen LogP contribution in [0.3, 0.4) is 0 Å². The summed E-state index contributed by atoms with van der Waals surface area (Å²) in [5.74, 6) is 2.35. The van der Waals surface area contributed by atoms with E-state index >= 15 is 0 Å². The van der Waals surface area contributed by atoms with Crippen LogP contribution in [0.25, 0.3) is 17.2 Å². The molecule has 1 aliphatic rings. The summed E-state index contributed by atoms with van der Waals surface area (Å²) in [6.45, 7) is 1.40. The summed E-state index contributed by atoms with van der Waals surface area (Å²) in [4.78, 5) is 16.8. The number of hydrogen-bond acceptors (Lipinski definition) is 7. The number of aromatic nitrogens is 7. The molecule has 29 heavy (non-hydrogen) atoms. The van der Waals surface area contributed by atoms with Crippen LogP contribution < -0.4 is 10.2 Å². The number of benzene rings is 1. The first-order chi connectivity index (χ1) is 14.0. The normalized spacial score (nSPS) is 13.4. The molecule has 0 bridgehead atoms. The van der Waals surface area contributed by atoms with Crippen LogP contribution in [0.1, 0.15) is 11.6 Å². The van der Waals surface area contributed by atoms with Gasteiger partial charge < -0.3 is 20.1 Å². The van der Waals surface area contributed by atoms with Gasteiger partial charge in [0.1, 0.15) is 5.82 Å². The van der Waals surface area contributed by atoms with Crippen molar-refractivity contribution < 1.29 is 0 Å². The van der Waals surface area contributed by atoms with Gasteiger partial charge in [0.25, 0.3) is 0 Å². The minimum atomic E-state index is 0.557. The molecule has 5 rings (SSSR count). The maximum absolute atomic E-state index is 4.66. The Bertz CT molecular complexity index is 1190. The van der Waals surface area contributed by atoms with E-state index in [2.05, 4.69) is 40.3 Å². The highest BCUT2D eigenvalue weighted by molar-refractivity contribution is 5.80. The molecule has 4 heterocycles. The van der Waals surface area contributed by atoms with Gasteiger partial charge in [0.05, 0.1) is 36.0 Å². The zero-order valence-electron chi connectivity index (χ0n) is 16.5. The molecule has 1 aromatic carbocycles. The molecule has 0 aliphatic carbocycles. The summed E-state index contributed by atoms with van der Waals surface area (Å²) in [6, 6.07) is 6.02. The number of anilines is 3. The molecular formula is C19H22N10. The fourth-order valence-electron chi connectivity index (χ4n) is 3.36. The van der Waals surface area contributed by atoms with Gasteiger partial charge in [-0.3, -0.25) is 4.68 Å². The smallest absolute Gasteiger partial charge is 0.247 e. The van der Waals surface area contributed by atoms with Crippen LogP contribution in [0.2, 0.25) is 0 Å². The van der Waals surface area contributed by atoms with Crippen LogP contribution in [0, 0.1) is 0 Å². The zero-order valence-corrected chi connectivity index (χ0v) is 16.5. The summed E-state index contributed by atoms with van der Waals surface area (Å²) < 4.78 is 3.57. The Kier molecular flexibility index (Phi) is 4.06. The minimum absolute atomic E-state index is 0.557. The van der Waals surface area contributed by atoms with E-state index < -0.39 is 0 Å². The second-order valence-corrected chi connectivity index (χ2v) is 7.37. The summed E-state index contributed by atoms with van der Waals surface area (Å²) in [5.41, 5.74) is 3.85. The second kappa shape index (κ2) is 6.74. The molecule has 0 saturated heterocycles. The van der Waals surface area contributed by atoms with Crippen molar-refractivity contribution in [2.45, 2.75) is 13.1 Å². The Morgan fingerprint density at radius 2 is 2.10 bits per heavy atom. The highest BCUT2D eigenvalue weighted by atomic mass is 15.4. The number of aryl methyl sites for hydroxylation is 1. The first-order valence-corrected chi connectivity index (χ1v) is 9.33. The third-order valence-corrected chi connectivity index (χ3v) is 4.68. The number of nitrogens with zero attached hydrogens (tertiary/aromatic N) is 8. The number of imidazole rings is 1. The molecule has 3 aromatic heterocycles. The van der Waals surface area contributed by atoms with Gasteiger partial charge in [0, 0.05) is 31.3 Å². The topological polar surface area (TPSA) is 95.7 Å². The maximum Gasteiger partial charge on any atom is 0.247 e. The van der Waals surface area contributed by atoms with Crippen molar-refractivity contribution in [1.29, 1.82) is 0 Å². The monoisotopic (exact) mass is 390 g/mol. The van der Waals surface area contributed by atoms with E-state index in [1.807, 2.05) is 64.1 Å². The Balaban J connectivity index is 1.34. The van der Waals surface area contributed by atoms with Crippen LogP contribution >= 0.6 is 0 Å². The Labute approximate surface area is 167 Å². The molecule has 0 spiro atoms. The van der Waals surface area contributed by atoms with Crippen molar-refractivity contribution in [3.8, 4) is 0 Å². The van der Waals surface area contributed by atoms with Gasteiger partial charge >= 0.3 is 0 Å². The predicted octanol–water partition coefficient (Wildman–Crippen LogP) is 2.14. The molecule has 0 amide bonds. The number of H-pyrrole nitrogens is 1. The molecule has 0 fully saturated rings. The van der Waals surface area contributed by atoms with Gasteiger partial charge in [-0.1, -0.05) is 0 Å². The lowest BCUT2D eigenvalue weighted by atomic mass is 10.3. The minimum Gasteiger partial charge on any atom is -0.341 e. The summed E-state index contributed by atoms with van der Waals surface area (Å²) in [6.07, 6.45) is 7.68. The summed E-state index contributed by atoms with van der Waals surface area (Å²) >= 11 is 0. The number of nitrogens with one attached hydrogen (secondary N) is 2. The van der Waals surface area contributed by atoms with Crippen molar-refractivity contribution in [3.63, 3.8) is 0 Å². The first kappa shape index (κ1) is 17.4. The van der Waals surface area contributed by atoms with Crippen LogP contribution in [-0.4, -0.2) is 53.5 Å². The fraction of sp³-hybridized carbons (Fsp3) is 0.263. The third kappa shape index (κ3) is 3.45. The number of rotatable bonds is 5. The molecular weight excluding hydrogens is 368 g/mol. The predicted molar refractivity (Wildman–Crippen MR) is 112 cm³/mol. The van der Waals surface area contributed by atoms with Crippen LogP contribution in [0.15, 0.2) is 36.8 Å². The van der Waals surface area contributed by atoms with E-state index in [-0.39, 0.29) is 0 Å². The molecule has 0 atom stereocenters. The summed E-state index contributed by atoms with van der Waals surface area (Å²) in [5, 5.41) is 12.0. The zero-order chi connectivity index (χ0) is 20.0. The van der Waals surface area contributed by atoms with Crippen LogP contribution in [0.5, 0.6) is 0 Å². The van der Waals surface area contributed by atoms with E-state index in [1.165, 1.54) is 0 Å². The van der Waals surface area contributed by atoms with Gasteiger partial charge in [-0.05, 0) is 32.3 Å². The average Bonchev–Trinajstić information content (AvgIpc) is 3.37. The Hall–Kier alpha value is -3.66. The molecule has 148 valence electrons. The number of fused-ring (bicyclic) bond motifs is 2. The van der Waals surface area contributed by atoms with Gasteiger partial charge in [0.2, 0.25) is 5.95 Å². The quantitative estimate of drug-likeness (QED) is 0.539. The molecule has 10 heteroatoms.